The fourth-order valence-corrected chi connectivity index (χ4v) is 4.46. The maximum atomic E-state index is 13.6. The van der Waals surface area contributed by atoms with Crippen molar-refractivity contribution in [2.45, 2.75) is 42.2 Å². The first-order valence-electron chi connectivity index (χ1n) is 9.32. The predicted molar refractivity (Wildman–Crippen MR) is 106 cm³/mol. The van der Waals surface area contributed by atoms with E-state index in [9.17, 15) is 18.4 Å². The lowest BCUT2D eigenvalue weighted by Crippen LogP contribution is -2.28. The summed E-state index contributed by atoms with van der Waals surface area (Å²) in [6, 6.07) is 10.4. The van der Waals surface area contributed by atoms with E-state index in [4.69, 9.17) is 0 Å². The van der Waals surface area contributed by atoms with Crippen LogP contribution in [0.5, 0.6) is 0 Å². The first-order valence-corrected chi connectivity index (χ1v) is 10.2. The van der Waals surface area contributed by atoms with E-state index in [-0.39, 0.29) is 24.4 Å². The smallest absolute Gasteiger partial charge is 0.254 e. The van der Waals surface area contributed by atoms with Gasteiger partial charge in [0.25, 0.3) is 5.91 Å². The molecule has 0 unspecified atom stereocenters. The Morgan fingerprint density at radius 2 is 1.82 bits per heavy atom. The Kier molecular flexibility index (Phi) is 7.03. The topological polar surface area (TPSA) is 58.2 Å². The van der Waals surface area contributed by atoms with Crippen LogP contribution in [0, 0.1) is 11.6 Å². The number of carbonyl (C=O) groups excluding carboxylic acids is 2. The minimum absolute atomic E-state index is 0.0526. The molecule has 2 aromatic rings. The molecule has 4 nitrogen and oxygen atoms in total. The summed E-state index contributed by atoms with van der Waals surface area (Å²) in [5.74, 6) is -2.59. The molecule has 1 aliphatic rings. The second-order valence-corrected chi connectivity index (χ2v) is 8.04. The van der Waals surface area contributed by atoms with Crippen LogP contribution in [0.2, 0.25) is 0 Å². The normalized spacial score (nSPS) is 14.1. The molecule has 28 heavy (non-hydrogen) atoms. The largest absolute Gasteiger partial charge is 0.351 e. The Labute approximate surface area is 167 Å². The van der Waals surface area contributed by atoms with Gasteiger partial charge >= 0.3 is 0 Å². The average molecular weight is 404 g/mol. The maximum absolute atomic E-state index is 13.6. The number of carbonyl (C=O) groups is 2. The zero-order valence-electron chi connectivity index (χ0n) is 15.3. The van der Waals surface area contributed by atoms with Crippen LogP contribution in [0.1, 0.15) is 42.5 Å². The highest BCUT2D eigenvalue weighted by Gasteiger charge is 2.18. The highest BCUT2D eigenvalue weighted by atomic mass is 32.2. The van der Waals surface area contributed by atoms with E-state index in [1.54, 1.807) is 11.8 Å². The summed E-state index contributed by atoms with van der Waals surface area (Å²) in [4.78, 5) is 25.2. The van der Waals surface area contributed by atoms with Crippen LogP contribution in [0.4, 0.5) is 14.5 Å². The van der Waals surface area contributed by atoms with Crippen molar-refractivity contribution >= 4 is 29.3 Å². The molecule has 1 aliphatic carbocycles. The average Bonchev–Trinajstić information content (AvgIpc) is 3.16. The number of hydrogen-bond donors (Lipinski definition) is 2. The van der Waals surface area contributed by atoms with Crippen LogP contribution in [-0.2, 0) is 4.79 Å². The van der Waals surface area contributed by atoms with Crippen LogP contribution in [0.3, 0.4) is 0 Å². The van der Waals surface area contributed by atoms with Crippen molar-refractivity contribution in [3.05, 3.63) is 59.7 Å². The number of amides is 2. The number of rotatable bonds is 7. The van der Waals surface area contributed by atoms with Gasteiger partial charge in [-0.1, -0.05) is 25.0 Å². The Bertz CT molecular complexity index is 854. The van der Waals surface area contributed by atoms with Crippen molar-refractivity contribution in [3.8, 4) is 0 Å². The molecule has 2 amide bonds. The van der Waals surface area contributed by atoms with E-state index in [2.05, 4.69) is 10.6 Å². The van der Waals surface area contributed by atoms with Crippen molar-refractivity contribution in [3.63, 3.8) is 0 Å². The van der Waals surface area contributed by atoms with Crippen molar-refractivity contribution < 1.29 is 18.4 Å². The molecule has 1 fully saturated rings. The van der Waals surface area contributed by atoms with Gasteiger partial charge in [-0.15, -0.1) is 11.8 Å². The van der Waals surface area contributed by atoms with Gasteiger partial charge in [0.2, 0.25) is 5.91 Å². The quantitative estimate of drug-likeness (QED) is 0.700. The van der Waals surface area contributed by atoms with Gasteiger partial charge in [0.1, 0.15) is 11.6 Å². The number of benzene rings is 2. The van der Waals surface area contributed by atoms with Crippen LogP contribution in [-0.4, -0.2) is 23.6 Å². The third-order valence-corrected chi connectivity index (χ3v) is 5.99. The summed E-state index contributed by atoms with van der Waals surface area (Å²) in [6.07, 6.45) is 4.94. The fraction of sp³-hybridized carbons (Fsp3) is 0.333. The van der Waals surface area contributed by atoms with Crippen molar-refractivity contribution in [2.75, 3.05) is 11.9 Å². The van der Waals surface area contributed by atoms with Crippen molar-refractivity contribution in [1.82, 2.24) is 5.32 Å². The number of hydrogen-bond acceptors (Lipinski definition) is 3. The van der Waals surface area contributed by atoms with Gasteiger partial charge in [0.05, 0.1) is 11.3 Å². The van der Waals surface area contributed by atoms with E-state index < -0.39 is 17.5 Å². The van der Waals surface area contributed by atoms with Gasteiger partial charge in [-0.3, -0.25) is 9.59 Å². The number of para-hydroxylation sites is 1. The molecule has 0 bridgehead atoms. The molecule has 2 aromatic carbocycles. The standard InChI is InChI=1S/C21H22F2N2O2S/c22-14-9-10-16(17(23)13-14)21(27)24-12-11-20(26)25-18-7-3-4-8-19(18)28-15-5-1-2-6-15/h3-4,7-10,13,15H,1-2,5-6,11-12H2,(H,24,27)(H,25,26). The van der Waals surface area contributed by atoms with Crippen LogP contribution in [0.15, 0.2) is 47.4 Å². The monoisotopic (exact) mass is 404 g/mol. The number of nitrogens with one attached hydrogen (secondary N) is 2. The Hall–Kier alpha value is -2.41. The summed E-state index contributed by atoms with van der Waals surface area (Å²) in [6.45, 7) is 0.0550. The second-order valence-electron chi connectivity index (χ2n) is 6.70. The minimum atomic E-state index is -0.931. The molecule has 148 valence electrons. The highest BCUT2D eigenvalue weighted by molar-refractivity contribution is 8.00. The molecular weight excluding hydrogens is 382 g/mol. The zero-order chi connectivity index (χ0) is 19.9. The molecule has 2 N–H and O–H groups in total. The molecule has 0 atom stereocenters. The molecule has 0 radical (unpaired) electrons. The minimum Gasteiger partial charge on any atom is -0.351 e. The SMILES string of the molecule is O=C(CCNC(=O)c1ccc(F)cc1F)Nc1ccccc1SC1CCCC1. The molecule has 3 rings (SSSR count). The van der Waals surface area contributed by atoms with Gasteiger partial charge < -0.3 is 10.6 Å². The van der Waals surface area contributed by atoms with Crippen molar-refractivity contribution in [2.24, 2.45) is 0 Å². The summed E-state index contributed by atoms with van der Waals surface area (Å²) in [7, 11) is 0. The number of anilines is 1. The number of halogens is 2. The van der Waals surface area contributed by atoms with Crippen LogP contribution >= 0.6 is 11.8 Å². The third kappa shape index (κ3) is 5.55. The lowest BCUT2D eigenvalue weighted by atomic mass is 10.2. The first-order chi connectivity index (χ1) is 13.5. The summed E-state index contributed by atoms with van der Waals surface area (Å²) in [5.41, 5.74) is 0.514. The first kappa shape index (κ1) is 20.3. The Morgan fingerprint density at radius 3 is 2.57 bits per heavy atom. The predicted octanol–water partition coefficient (Wildman–Crippen LogP) is 4.76. The van der Waals surface area contributed by atoms with Gasteiger partial charge in [0.15, 0.2) is 0 Å². The fourth-order valence-electron chi connectivity index (χ4n) is 3.13. The van der Waals surface area contributed by atoms with E-state index in [1.807, 2.05) is 24.3 Å². The lowest BCUT2D eigenvalue weighted by Gasteiger charge is -2.14. The van der Waals surface area contributed by atoms with Gasteiger partial charge in [-0.05, 0) is 37.1 Å². The van der Waals surface area contributed by atoms with E-state index in [1.165, 1.54) is 25.7 Å². The van der Waals surface area contributed by atoms with E-state index in [0.29, 0.717) is 11.3 Å². The molecule has 0 saturated heterocycles. The molecular formula is C21H22F2N2O2S. The Balaban J connectivity index is 1.50. The van der Waals surface area contributed by atoms with Gasteiger partial charge in [-0.2, -0.15) is 0 Å². The zero-order valence-corrected chi connectivity index (χ0v) is 16.2. The van der Waals surface area contributed by atoms with Gasteiger partial charge in [0, 0.05) is 29.2 Å². The van der Waals surface area contributed by atoms with Gasteiger partial charge in [-0.25, -0.2) is 8.78 Å². The molecule has 0 spiro atoms. The number of thioether (sulfide) groups is 1. The van der Waals surface area contributed by atoms with E-state index >= 15 is 0 Å². The highest BCUT2D eigenvalue weighted by Crippen LogP contribution is 2.38. The summed E-state index contributed by atoms with van der Waals surface area (Å²) >= 11 is 1.79. The molecule has 0 aromatic heterocycles. The maximum Gasteiger partial charge on any atom is 0.254 e. The molecule has 0 aliphatic heterocycles. The molecule has 1 saturated carbocycles. The molecule has 0 heterocycles. The van der Waals surface area contributed by atoms with Crippen LogP contribution < -0.4 is 10.6 Å². The summed E-state index contributed by atoms with van der Waals surface area (Å²) < 4.78 is 26.5. The van der Waals surface area contributed by atoms with Crippen molar-refractivity contribution in [1.29, 1.82) is 0 Å². The second kappa shape index (κ2) is 9.68. The third-order valence-electron chi connectivity index (χ3n) is 4.57. The Morgan fingerprint density at radius 1 is 1.07 bits per heavy atom. The molecule has 7 heteroatoms. The lowest BCUT2D eigenvalue weighted by molar-refractivity contribution is -0.116. The van der Waals surface area contributed by atoms with Crippen LogP contribution in [0.25, 0.3) is 0 Å². The summed E-state index contributed by atoms with van der Waals surface area (Å²) in [5, 5.41) is 5.95. The van der Waals surface area contributed by atoms with E-state index in [0.717, 1.165) is 22.7 Å².